The molecule has 0 saturated heterocycles. The Hall–Kier alpha value is -2.39. The summed E-state index contributed by atoms with van der Waals surface area (Å²) in [5.41, 5.74) is 0.571. The van der Waals surface area contributed by atoms with Crippen molar-refractivity contribution in [3.8, 4) is 0 Å². The molecule has 0 radical (unpaired) electrons. The Kier molecular flexibility index (Phi) is 6.28. The molecule has 3 aromatic rings. The molecule has 0 unspecified atom stereocenters. The van der Waals surface area contributed by atoms with Crippen LogP contribution in [-0.2, 0) is 0 Å². The van der Waals surface area contributed by atoms with Gasteiger partial charge in [0.1, 0.15) is 0 Å². The average molecular weight is 556 g/mol. The van der Waals surface area contributed by atoms with Gasteiger partial charge >= 0.3 is 190 Å². The van der Waals surface area contributed by atoms with Gasteiger partial charge in [0.05, 0.1) is 0 Å². The third-order valence-electron chi connectivity index (χ3n) is 3.94. The van der Waals surface area contributed by atoms with Crippen molar-refractivity contribution < 1.29 is 66.9 Å². The number of carbonyl (C=O) groups is 3. The Bertz CT molecular complexity index is 1000. The Morgan fingerprint density at radius 3 is 1.14 bits per heavy atom. The molecule has 0 aromatic carbocycles. The van der Waals surface area contributed by atoms with Crippen molar-refractivity contribution in [1.29, 1.82) is 0 Å². The number of carboxylic acids is 3. The van der Waals surface area contributed by atoms with Gasteiger partial charge in [0.2, 0.25) is 0 Å². The van der Waals surface area contributed by atoms with Gasteiger partial charge in [0, 0.05) is 0 Å². The van der Waals surface area contributed by atoms with Crippen LogP contribution in [0.5, 0.6) is 0 Å². The molecule has 3 rings (SSSR count). The van der Waals surface area contributed by atoms with Gasteiger partial charge in [-0.15, -0.1) is 0 Å². The second-order valence-electron chi connectivity index (χ2n) is 5.78. The van der Waals surface area contributed by atoms with E-state index in [1.54, 1.807) is 18.2 Å². The van der Waals surface area contributed by atoms with E-state index in [9.17, 15) is 29.7 Å². The van der Waals surface area contributed by atoms with Crippen LogP contribution in [-0.4, -0.2) is 48.2 Å². The van der Waals surface area contributed by atoms with Crippen LogP contribution in [0, 0.1) is 37.1 Å². The maximum atomic E-state index is 11.4. The molecule has 0 amide bonds. The van der Waals surface area contributed by atoms with Gasteiger partial charge in [0.25, 0.3) is 0 Å². The normalized spacial score (nSPS) is 11.6. The zero-order valence-corrected chi connectivity index (χ0v) is 17.7. The minimum atomic E-state index is -3.21. The average Bonchev–Trinajstić information content (AvgIpc) is 2.73. The van der Waals surface area contributed by atoms with E-state index in [0.717, 1.165) is 0 Å². The Morgan fingerprint density at radius 1 is 0.621 bits per heavy atom. The Labute approximate surface area is 188 Å². The molecule has 3 aromatic heterocycles. The van der Waals surface area contributed by atoms with Crippen molar-refractivity contribution in [3.05, 3.63) is 71.7 Å². The molecule has 0 bridgehead atoms. The molecule has 149 valence electrons. The second kappa shape index (κ2) is 8.55. The van der Waals surface area contributed by atoms with Gasteiger partial charge in [-0.2, -0.15) is 0 Å². The van der Waals surface area contributed by atoms with Crippen LogP contribution in [0.1, 0.15) is 31.5 Å². The fourth-order valence-corrected chi connectivity index (χ4v) is 8.03. The molecule has 9 nitrogen and oxygen atoms in total. The SMILES string of the molecule is O=C(O)c1cccc([PH]([Gd])(c2cccc(C(=O)O)n2)c2cccc(C(=O)O)n2)n1. The zero-order valence-electron chi connectivity index (χ0n) is 14.5. The monoisotopic (exact) mass is 556 g/mol. The number of pyridine rings is 3. The summed E-state index contributed by atoms with van der Waals surface area (Å²) in [4.78, 5) is 46.9. The van der Waals surface area contributed by atoms with Gasteiger partial charge < -0.3 is 0 Å². The Balaban J connectivity index is 2.32. The predicted molar refractivity (Wildman–Crippen MR) is 101 cm³/mol. The Morgan fingerprint density at radius 2 is 0.897 bits per heavy atom. The molecule has 0 aliphatic carbocycles. The summed E-state index contributed by atoms with van der Waals surface area (Å²) in [5.74, 6) is -3.65. The number of hydrogen-bond donors (Lipinski definition) is 3. The molecule has 0 atom stereocenters. The number of carboxylic acid groups (broad SMARTS) is 3. The van der Waals surface area contributed by atoms with Crippen LogP contribution in [0.25, 0.3) is 0 Å². The molecule has 3 N–H and O–H groups in total. The standard InChI is InChI=1S/C18H12N3O6P.Gd/c22-16(23)10-4-1-7-13(19-10)28(14-8-2-5-11(20-14)17(24)25)15-9-3-6-12(21-15)18(26)27;/h1-9H,(H,22,23)(H,24,25)(H,26,27);/q;-1/p+1. The summed E-state index contributed by atoms with van der Waals surface area (Å²) in [5, 5.41) is 28.0. The van der Waals surface area contributed by atoms with E-state index >= 15 is 0 Å². The van der Waals surface area contributed by atoms with Gasteiger partial charge in [-0.1, -0.05) is 0 Å². The van der Waals surface area contributed by atoms with Gasteiger partial charge in [-0.25, -0.2) is 0 Å². The number of hydrogen-bond acceptors (Lipinski definition) is 6. The van der Waals surface area contributed by atoms with Crippen LogP contribution in [0.3, 0.4) is 0 Å². The molecular weight excluding hydrogens is 542 g/mol. The molecule has 0 saturated carbocycles. The fourth-order valence-electron chi connectivity index (χ4n) is 2.62. The summed E-state index contributed by atoms with van der Waals surface area (Å²) in [6.07, 6.45) is 0. The maximum absolute atomic E-state index is 11.4. The third kappa shape index (κ3) is 4.30. The number of aromatic nitrogens is 3. The molecule has 0 aliphatic rings. The van der Waals surface area contributed by atoms with Crippen molar-refractivity contribution in [1.82, 2.24) is 15.0 Å². The van der Waals surface area contributed by atoms with Gasteiger partial charge in [-0.3, -0.25) is 0 Å². The summed E-state index contributed by atoms with van der Waals surface area (Å²) in [6.45, 7) is 0. The van der Waals surface area contributed by atoms with Crippen molar-refractivity contribution in [3.63, 3.8) is 0 Å². The van der Waals surface area contributed by atoms with Gasteiger partial charge in [0.15, 0.2) is 0 Å². The van der Waals surface area contributed by atoms with Crippen LogP contribution < -0.4 is 16.3 Å². The van der Waals surface area contributed by atoms with E-state index in [1.165, 1.54) is 73.5 Å². The van der Waals surface area contributed by atoms with Crippen LogP contribution in [0.2, 0.25) is 0 Å². The van der Waals surface area contributed by atoms with E-state index < -0.39 is 20.2 Å². The molecule has 11 heteroatoms. The van der Waals surface area contributed by atoms with Crippen molar-refractivity contribution >= 4 is 36.5 Å². The topological polar surface area (TPSA) is 151 Å². The molecular formula is C18H13GdN3O6P. The zero-order chi connectivity index (χ0) is 21.2. The number of nitrogens with zero attached hydrogens (tertiary/aromatic N) is 3. The first-order valence-corrected chi connectivity index (χ1v) is 13.3. The molecule has 0 fully saturated rings. The molecule has 29 heavy (non-hydrogen) atoms. The van der Waals surface area contributed by atoms with E-state index in [1.807, 2.05) is 0 Å². The number of rotatable bonds is 6. The van der Waals surface area contributed by atoms with Gasteiger partial charge in [-0.05, 0) is 0 Å². The van der Waals surface area contributed by atoms with Crippen molar-refractivity contribution in [2.45, 2.75) is 0 Å². The molecule has 3 heterocycles. The minimum absolute atomic E-state index is 0.185. The quantitative estimate of drug-likeness (QED) is 0.369. The van der Waals surface area contributed by atoms with Crippen LogP contribution >= 0.6 is 2.31 Å². The van der Waals surface area contributed by atoms with Crippen molar-refractivity contribution in [2.24, 2.45) is 0 Å². The second-order valence-corrected chi connectivity index (χ2v) is 13.7. The van der Waals surface area contributed by atoms with E-state index in [0.29, 0.717) is 16.3 Å². The van der Waals surface area contributed by atoms with Crippen molar-refractivity contribution in [2.75, 3.05) is 0 Å². The van der Waals surface area contributed by atoms with E-state index in [-0.39, 0.29) is 17.1 Å². The summed E-state index contributed by atoms with van der Waals surface area (Å²) >= 11 is 1.49. The first-order valence-electron chi connectivity index (χ1n) is 8.03. The summed E-state index contributed by atoms with van der Waals surface area (Å²) < 4.78 is -3.21. The van der Waals surface area contributed by atoms with Crippen LogP contribution in [0.15, 0.2) is 54.6 Å². The molecule has 0 spiro atoms. The third-order valence-corrected chi connectivity index (χ3v) is 12.1. The predicted octanol–water partition coefficient (Wildman–Crippen LogP) is 0.457. The number of aromatic carboxylic acids is 3. The first-order chi connectivity index (χ1) is 13.7. The van der Waals surface area contributed by atoms with E-state index in [4.69, 9.17) is 0 Å². The summed E-state index contributed by atoms with van der Waals surface area (Å²) in [7, 11) is 0. The fraction of sp³-hybridized carbons (Fsp3) is 0. The van der Waals surface area contributed by atoms with E-state index in [2.05, 4.69) is 15.0 Å². The summed E-state index contributed by atoms with van der Waals surface area (Å²) in [6, 6.07) is 13.5. The first kappa shape index (κ1) is 21.3. The van der Waals surface area contributed by atoms with Crippen LogP contribution in [0.4, 0.5) is 0 Å². The molecule has 0 aliphatic heterocycles.